The van der Waals surface area contributed by atoms with E-state index in [0.29, 0.717) is 0 Å². The minimum absolute atomic E-state index is 1.11. The zero-order valence-corrected chi connectivity index (χ0v) is 9.93. The predicted octanol–water partition coefficient (Wildman–Crippen LogP) is 4.39. The summed E-state index contributed by atoms with van der Waals surface area (Å²) in [6, 6.07) is 12.9. The molecule has 3 rings (SSSR count). The van der Waals surface area contributed by atoms with Crippen LogP contribution in [0.15, 0.2) is 40.9 Å². The Kier molecular flexibility index (Phi) is 1.86. The van der Waals surface area contributed by atoms with E-state index in [-0.39, 0.29) is 0 Å². The molecule has 0 bridgehead atoms. The average Bonchev–Trinajstić information content (AvgIpc) is 2.53. The van der Waals surface area contributed by atoms with Crippen LogP contribution in [-0.4, -0.2) is 4.98 Å². The number of fused-ring (bicyclic) bond motifs is 3. The Bertz CT molecular complexity index is 596. The Morgan fingerprint density at radius 2 is 1.60 bits per heavy atom. The molecule has 1 aromatic heterocycles. The molecule has 3 aromatic rings. The molecule has 0 amide bonds. The van der Waals surface area contributed by atoms with Gasteiger partial charge < -0.3 is 4.98 Å². The molecule has 0 fully saturated rings. The maximum atomic E-state index is 3.48. The van der Waals surface area contributed by atoms with Gasteiger partial charge in [0.1, 0.15) is 0 Å². The number of benzene rings is 2. The van der Waals surface area contributed by atoms with Crippen LogP contribution < -0.4 is 0 Å². The van der Waals surface area contributed by atoms with Crippen LogP contribution in [0, 0.1) is 6.92 Å². The van der Waals surface area contributed by atoms with Crippen molar-refractivity contribution in [2.24, 2.45) is 0 Å². The Balaban J connectivity index is 2.51. The molecular formula is C13H10BrN. The van der Waals surface area contributed by atoms with Crippen molar-refractivity contribution in [1.29, 1.82) is 0 Å². The maximum absolute atomic E-state index is 3.48. The summed E-state index contributed by atoms with van der Waals surface area (Å²) in [5.41, 5.74) is 3.68. The van der Waals surface area contributed by atoms with Crippen LogP contribution >= 0.6 is 15.9 Å². The van der Waals surface area contributed by atoms with Crippen molar-refractivity contribution in [2.75, 3.05) is 0 Å². The number of aromatic nitrogens is 1. The molecule has 1 heterocycles. The van der Waals surface area contributed by atoms with Crippen LogP contribution in [-0.2, 0) is 0 Å². The summed E-state index contributed by atoms with van der Waals surface area (Å²) >= 11 is 3.48. The summed E-state index contributed by atoms with van der Waals surface area (Å²) in [6.07, 6.45) is 0. The van der Waals surface area contributed by atoms with Crippen molar-refractivity contribution in [3.63, 3.8) is 0 Å². The normalized spacial score (nSPS) is 11.3. The molecule has 0 saturated carbocycles. The van der Waals surface area contributed by atoms with Crippen molar-refractivity contribution < 1.29 is 0 Å². The third-order valence-electron chi connectivity index (χ3n) is 2.72. The molecule has 2 aromatic carbocycles. The molecule has 1 nitrogen and oxygen atoms in total. The van der Waals surface area contributed by atoms with Crippen molar-refractivity contribution >= 4 is 37.7 Å². The highest BCUT2D eigenvalue weighted by atomic mass is 79.9. The van der Waals surface area contributed by atoms with Gasteiger partial charge in [-0.25, -0.2) is 0 Å². The second-order valence-corrected chi connectivity index (χ2v) is 4.78. The maximum Gasteiger partial charge on any atom is 0.0476 e. The van der Waals surface area contributed by atoms with Crippen LogP contribution in [0.1, 0.15) is 5.56 Å². The van der Waals surface area contributed by atoms with Gasteiger partial charge in [0.25, 0.3) is 0 Å². The van der Waals surface area contributed by atoms with Crippen LogP contribution in [0.2, 0.25) is 0 Å². The first-order chi connectivity index (χ1) is 7.24. The zero-order valence-electron chi connectivity index (χ0n) is 8.34. The number of aryl methyl sites for hydroxylation is 1. The van der Waals surface area contributed by atoms with E-state index >= 15 is 0 Å². The molecule has 15 heavy (non-hydrogen) atoms. The van der Waals surface area contributed by atoms with E-state index in [1.807, 2.05) is 0 Å². The summed E-state index contributed by atoms with van der Waals surface area (Å²) in [4.78, 5) is 3.43. The molecule has 74 valence electrons. The lowest BCUT2D eigenvalue weighted by atomic mass is 10.1. The highest BCUT2D eigenvalue weighted by molar-refractivity contribution is 9.10. The highest BCUT2D eigenvalue weighted by Gasteiger charge is 2.03. The van der Waals surface area contributed by atoms with Gasteiger partial charge in [0.2, 0.25) is 0 Å². The molecule has 0 saturated heterocycles. The quantitative estimate of drug-likeness (QED) is 0.617. The first-order valence-electron chi connectivity index (χ1n) is 4.92. The molecule has 0 unspecified atom stereocenters. The lowest BCUT2D eigenvalue weighted by molar-refractivity contribution is 1.47. The summed E-state index contributed by atoms with van der Waals surface area (Å²) in [5, 5.41) is 2.58. The molecule has 0 atom stereocenters. The van der Waals surface area contributed by atoms with Crippen molar-refractivity contribution in [3.05, 3.63) is 46.4 Å². The Hall–Kier alpha value is -1.28. The number of hydrogen-bond donors (Lipinski definition) is 1. The van der Waals surface area contributed by atoms with Crippen LogP contribution in [0.3, 0.4) is 0 Å². The Labute approximate surface area is 96.2 Å². The lowest BCUT2D eigenvalue weighted by Gasteiger charge is -1.93. The standard InChI is InChI=1S/C13H10BrN/c1-8-2-4-10-11-5-3-9(14)7-13(11)15-12(10)6-8/h2-7,15H,1H3. The third kappa shape index (κ3) is 1.37. The minimum atomic E-state index is 1.11. The van der Waals surface area contributed by atoms with Crippen molar-refractivity contribution in [2.45, 2.75) is 6.92 Å². The monoisotopic (exact) mass is 259 g/mol. The minimum Gasteiger partial charge on any atom is -0.354 e. The molecule has 0 radical (unpaired) electrons. The number of nitrogens with one attached hydrogen (secondary N) is 1. The topological polar surface area (TPSA) is 15.8 Å². The first kappa shape index (κ1) is 8.98. The molecule has 0 aliphatic carbocycles. The molecule has 0 spiro atoms. The lowest BCUT2D eigenvalue weighted by Crippen LogP contribution is -1.70. The highest BCUT2D eigenvalue weighted by Crippen LogP contribution is 2.27. The fraction of sp³-hybridized carbons (Fsp3) is 0.0769. The molecule has 0 aliphatic heterocycles. The molecule has 2 heteroatoms. The van der Waals surface area contributed by atoms with Gasteiger partial charge in [-0.15, -0.1) is 0 Å². The fourth-order valence-electron chi connectivity index (χ4n) is 2.00. The van der Waals surface area contributed by atoms with Gasteiger partial charge in [0, 0.05) is 26.3 Å². The van der Waals surface area contributed by atoms with E-state index in [4.69, 9.17) is 0 Å². The molecule has 1 N–H and O–H groups in total. The van der Waals surface area contributed by atoms with Gasteiger partial charge >= 0.3 is 0 Å². The van der Waals surface area contributed by atoms with Crippen molar-refractivity contribution in [1.82, 2.24) is 4.98 Å². The van der Waals surface area contributed by atoms with Gasteiger partial charge in [-0.3, -0.25) is 0 Å². The summed E-state index contributed by atoms with van der Waals surface area (Å²) in [6.45, 7) is 2.11. The number of H-pyrrole nitrogens is 1. The van der Waals surface area contributed by atoms with Gasteiger partial charge in [-0.05, 0) is 30.7 Å². The van der Waals surface area contributed by atoms with Crippen LogP contribution in [0.5, 0.6) is 0 Å². The predicted molar refractivity (Wildman–Crippen MR) is 68.2 cm³/mol. The van der Waals surface area contributed by atoms with E-state index in [0.717, 1.165) is 4.47 Å². The van der Waals surface area contributed by atoms with Crippen LogP contribution in [0.4, 0.5) is 0 Å². The second-order valence-electron chi connectivity index (χ2n) is 3.86. The fourth-order valence-corrected chi connectivity index (χ4v) is 2.36. The molecular weight excluding hydrogens is 250 g/mol. The largest absolute Gasteiger partial charge is 0.354 e. The van der Waals surface area contributed by atoms with Gasteiger partial charge in [0.15, 0.2) is 0 Å². The second kappa shape index (κ2) is 3.11. The van der Waals surface area contributed by atoms with Crippen LogP contribution in [0.25, 0.3) is 21.8 Å². The third-order valence-corrected chi connectivity index (χ3v) is 3.21. The smallest absolute Gasteiger partial charge is 0.0476 e. The van der Waals surface area contributed by atoms with E-state index < -0.39 is 0 Å². The first-order valence-corrected chi connectivity index (χ1v) is 5.71. The van der Waals surface area contributed by atoms with Gasteiger partial charge in [-0.1, -0.05) is 34.1 Å². The van der Waals surface area contributed by atoms with Crippen molar-refractivity contribution in [3.8, 4) is 0 Å². The summed E-state index contributed by atoms with van der Waals surface area (Å²) in [7, 11) is 0. The van der Waals surface area contributed by atoms with E-state index in [2.05, 4.69) is 64.2 Å². The summed E-state index contributed by atoms with van der Waals surface area (Å²) < 4.78 is 1.11. The van der Waals surface area contributed by atoms with Gasteiger partial charge in [-0.2, -0.15) is 0 Å². The molecule has 0 aliphatic rings. The SMILES string of the molecule is Cc1ccc2c(c1)[nH]c1cc(Br)ccc12. The number of aromatic amines is 1. The Morgan fingerprint density at radius 1 is 0.933 bits per heavy atom. The number of rotatable bonds is 0. The number of halogens is 1. The summed E-state index contributed by atoms with van der Waals surface area (Å²) in [5.74, 6) is 0. The zero-order chi connectivity index (χ0) is 10.4. The van der Waals surface area contributed by atoms with E-state index in [9.17, 15) is 0 Å². The van der Waals surface area contributed by atoms with E-state index in [1.54, 1.807) is 0 Å². The number of hydrogen-bond acceptors (Lipinski definition) is 0. The van der Waals surface area contributed by atoms with E-state index in [1.165, 1.54) is 27.4 Å². The Morgan fingerprint density at radius 3 is 2.40 bits per heavy atom. The van der Waals surface area contributed by atoms with Gasteiger partial charge in [0.05, 0.1) is 0 Å². The average molecular weight is 260 g/mol.